The van der Waals surface area contributed by atoms with Gasteiger partial charge in [0.15, 0.2) is 0 Å². The molecular formula is C15H19FN2O2. The second-order valence-electron chi connectivity index (χ2n) is 4.55. The van der Waals surface area contributed by atoms with Gasteiger partial charge in [-0.15, -0.1) is 6.58 Å². The third kappa shape index (κ3) is 5.65. The average Bonchev–Trinajstić information content (AvgIpc) is 2.37. The molecule has 1 aromatic carbocycles. The molecule has 0 radical (unpaired) electrons. The van der Waals surface area contributed by atoms with Crippen molar-refractivity contribution < 1.29 is 14.0 Å². The molecule has 1 atom stereocenters. The summed E-state index contributed by atoms with van der Waals surface area (Å²) in [5, 5.41) is 2.57. The molecule has 3 N–H and O–H groups in total. The maximum atomic E-state index is 13.0. The molecule has 0 aromatic heterocycles. The van der Waals surface area contributed by atoms with Crippen LogP contribution in [0.3, 0.4) is 0 Å². The van der Waals surface area contributed by atoms with Crippen LogP contribution >= 0.6 is 0 Å². The first-order chi connectivity index (χ1) is 9.52. The fraction of sp³-hybridized carbons (Fsp3) is 0.333. The van der Waals surface area contributed by atoms with Gasteiger partial charge in [-0.05, 0) is 37.0 Å². The van der Waals surface area contributed by atoms with Gasteiger partial charge in [-0.25, -0.2) is 4.39 Å². The molecule has 0 aliphatic rings. The standard InChI is InChI=1S/C15H19FN2O2/c1-2-3-4-8-13(15(17)20)18-14(19)10-11-6-5-7-12(16)9-11/h2,5-7,9,13H,1,3-4,8,10H2,(H2,17,20)(H,18,19)/t13-/m1/s1. The molecule has 0 aliphatic carbocycles. The zero-order valence-corrected chi connectivity index (χ0v) is 11.3. The molecule has 1 aromatic rings. The van der Waals surface area contributed by atoms with Gasteiger partial charge in [0.1, 0.15) is 11.9 Å². The Morgan fingerprint density at radius 3 is 2.80 bits per heavy atom. The van der Waals surface area contributed by atoms with Gasteiger partial charge in [-0.2, -0.15) is 0 Å². The Labute approximate surface area is 117 Å². The molecule has 0 spiro atoms. The molecule has 0 unspecified atom stereocenters. The largest absolute Gasteiger partial charge is 0.368 e. The Hall–Kier alpha value is -2.17. The van der Waals surface area contributed by atoms with Gasteiger partial charge >= 0.3 is 0 Å². The number of amides is 2. The Morgan fingerprint density at radius 2 is 2.20 bits per heavy atom. The van der Waals surface area contributed by atoms with Gasteiger partial charge < -0.3 is 11.1 Å². The molecule has 108 valence electrons. The fourth-order valence-electron chi connectivity index (χ4n) is 1.83. The zero-order valence-electron chi connectivity index (χ0n) is 11.3. The lowest BCUT2D eigenvalue weighted by atomic mass is 10.1. The van der Waals surface area contributed by atoms with Crippen LogP contribution in [0.5, 0.6) is 0 Å². The van der Waals surface area contributed by atoms with E-state index in [-0.39, 0.29) is 12.3 Å². The number of rotatable bonds is 8. The number of hydrogen-bond acceptors (Lipinski definition) is 2. The van der Waals surface area contributed by atoms with E-state index < -0.39 is 17.8 Å². The summed E-state index contributed by atoms with van der Waals surface area (Å²) in [6, 6.07) is 5.09. The predicted molar refractivity (Wildman–Crippen MR) is 75.3 cm³/mol. The number of halogens is 1. The molecule has 0 bridgehead atoms. The van der Waals surface area contributed by atoms with E-state index in [1.807, 2.05) is 0 Å². The number of nitrogens with one attached hydrogen (secondary N) is 1. The quantitative estimate of drug-likeness (QED) is 0.561. The number of nitrogens with two attached hydrogens (primary N) is 1. The maximum Gasteiger partial charge on any atom is 0.239 e. The van der Waals surface area contributed by atoms with Gasteiger partial charge in [0.05, 0.1) is 6.42 Å². The number of primary amides is 1. The highest BCUT2D eigenvalue weighted by Crippen LogP contribution is 2.06. The van der Waals surface area contributed by atoms with Crippen molar-refractivity contribution in [3.8, 4) is 0 Å². The smallest absolute Gasteiger partial charge is 0.239 e. The molecule has 0 heterocycles. The van der Waals surface area contributed by atoms with Crippen LogP contribution < -0.4 is 11.1 Å². The van der Waals surface area contributed by atoms with Crippen LogP contribution in [-0.2, 0) is 16.0 Å². The summed E-state index contributed by atoms with van der Waals surface area (Å²) < 4.78 is 13.0. The number of benzene rings is 1. The topological polar surface area (TPSA) is 72.2 Å². The molecule has 0 aliphatic heterocycles. The lowest BCUT2D eigenvalue weighted by Gasteiger charge is -2.15. The highest BCUT2D eigenvalue weighted by atomic mass is 19.1. The van der Waals surface area contributed by atoms with E-state index in [9.17, 15) is 14.0 Å². The zero-order chi connectivity index (χ0) is 15.0. The van der Waals surface area contributed by atoms with Crippen LogP contribution in [0, 0.1) is 5.82 Å². The van der Waals surface area contributed by atoms with Gasteiger partial charge in [0, 0.05) is 0 Å². The third-order valence-electron chi connectivity index (χ3n) is 2.83. The first kappa shape index (κ1) is 15.9. The van der Waals surface area contributed by atoms with E-state index in [2.05, 4.69) is 11.9 Å². The van der Waals surface area contributed by atoms with Crippen molar-refractivity contribution in [2.75, 3.05) is 0 Å². The second kappa shape index (κ2) is 8.09. The summed E-state index contributed by atoms with van der Waals surface area (Å²) in [6.45, 7) is 3.59. The van der Waals surface area contributed by atoms with Crippen molar-refractivity contribution in [1.29, 1.82) is 0 Å². The summed E-state index contributed by atoms with van der Waals surface area (Å²) in [4.78, 5) is 23.1. The first-order valence-corrected chi connectivity index (χ1v) is 6.47. The number of carbonyl (C=O) groups excluding carboxylic acids is 2. The lowest BCUT2D eigenvalue weighted by molar-refractivity contribution is -0.127. The minimum atomic E-state index is -0.698. The van der Waals surface area contributed by atoms with Crippen molar-refractivity contribution >= 4 is 11.8 Å². The average molecular weight is 278 g/mol. The normalized spacial score (nSPS) is 11.7. The predicted octanol–water partition coefficient (Wildman–Crippen LogP) is 1.69. The van der Waals surface area contributed by atoms with Crippen LogP contribution in [0.4, 0.5) is 4.39 Å². The molecule has 4 nitrogen and oxygen atoms in total. The number of allylic oxidation sites excluding steroid dienone is 1. The molecule has 2 amide bonds. The van der Waals surface area contributed by atoms with Crippen LogP contribution in [0.25, 0.3) is 0 Å². The Morgan fingerprint density at radius 1 is 1.45 bits per heavy atom. The molecular weight excluding hydrogens is 259 g/mol. The van der Waals surface area contributed by atoms with E-state index >= 15 is 0 Å². The fourth-order valence-corrected chi connectivity index (χ4v) is 1.83. The minimum Gasteiger partial charge on any atom is -0.368 e. The van der Waals surface area contributed by atoms with Gasteiger partial charge in [0.25, 0.3) is 0 Å². The van der Waals surface area contributed by atoms with Crippen LogP contribution in [0.2, 0.25) is 0 Å². The monoisotopic (exact) mass is 278 g/mol. The molecule has 1 rings (SSSR count). The van der Waals surface area contributed by atoms with Crippen LogP contribution in [-0.4, -0.2) is 17.9 Å². The molecule has 0 saturated carbocycles. The van der Waals surface area contributed by atoms with Crippen molar-refractivity contribution in [2.45, 2.75) is 31.7 Å². The highest BCUT2D eigenvalue weighted by Gasteiger charge is 2.17. The summed E-state index contributed by atoms with van der Waals surface area (Å²) in [7, 11) is 0. The number of carbonyl (C=O) groups is 2. The van der Waals surface area contributed by atoms with E-state index in [1.165, 1.54) is 18.2 Å². The summed E-state index contributed by atoms with van der Waals surface area (Å²) in [5.41, 5.74) is 5.80. The summed E-state index contributed by atoms with van der Waals surface area (Å²) in [6.07, 6.45) is 3.70. The van der Waals surface area contributed by atoms with E-state index in [0.29, 0.717) is 12.0 Å². The highest BCUT2D eigenvalue weighted by molar-refractivity contribution is 5.87. The second-order valence-corrected chi connectivity index (χ2v) is 4.55. The van der Waals surface area contributed by atoms with Crippen LogP contribution in [0.1, 0.15) is 24.8 Å². The summed E-state index contributed by atoms with van der Waals surface area (Å²) in [5.74, 6) is -1.31. The Kier molecular flexibility index (Phi) is 6.43. The van der Waals surface area contributed by atoms with Crippen LogP contribution in [0.15, 0.2) is 36.9 Å². The van der Waals surface area contributed by atoms with Gasteiger partial charge in [-0.3, -0.25) is 9.59 Å². The van der Waals surface area contributed by atoms with E-state index in [0.717, 1.165) is 12.8 Å². The van der Waals surface area contributed by atoms with Crippen molar-refractivity contribution in [3.63, 3.8) is 0 Å². The molecule has 0 saturated heterocycles. The third-order valence-corrected chi connectivity index (χ3v) is 2.83. The SMILES string of the molecule is C=CCCC[C@@H](NC(=O)Cc1cccc(F)c1)C(N)=O. The number of hydrogen-bond donors (Lipinski definition) is 2. The van der Waals surface area contributed by atoms with E-state index in [4.69, 9.17) is 5.73 Å². The minimum absolute atomic E-state index is 0.0169. The number of unbranched alkanes of at least 4 members (excludes halogenated alkanes) is 1. The van der Waals surface area contributed by atoms with Crippen molar-refractivity contribution in [1.82, 2.24) is 5.32 Å². The van der Waals surface area contributed by atoms with Crippen molar-refractivity contribution in [2.24, 2.45) is 5.73 Å². The Bertz CT molecular complexity index is 489. The molecule has 20 heavy (non-hydrogen) atoms. The lowest BCUT2D eigenvalue weighted by Crippen LogP contribution is -2.44. The molecule has 5 heteroatoms. The van der Waals surface area contributed by atoms with E-state index in [1.54, 1.807) is 12.1 Å². The van der Waals surface area contributed by atoms with Gasteiger partial charge in [-0.1, -0.05) is 18.2 Å². The summed E-state index contributed by atoms with van der Waals surface area (Å²) >= 11 is 0. The van der Waals surface area contributed by atoms with Gasteiger partial charge in [0.2, 0.25) is 11.8 Å². The molecule has 0 fully saturated rings. The first-order valence-electron chi connectivity index (χ1n) is 6.47. The Balaban J connectivity index is 2.53. The maximum absolute atomic E-state index is 13.0. The van der Waals surface area contributed by atoms with Crippen molar-refractivity contribution in [3.05, 3.63) is 48.3 Å².